The van der Waals surface area contributed by atoms with Crippen LogP contribution < -0.4 is 10.6 Å². The summed E-state index contributed by atoms with van der Waals surface area (Å²) in [6.07, 6.45) is -1.79. The molecule has 2 N–H and O–H groups in total. The average Bonchev–Trinajstić information content (AvgIpc) is 2.93. The molecule has 0 amide bonds. The zero-order chi connectivity index (χ0) is 28.3. The van der Waals surface area contributed by atoms with Crippen molar-refractivity contribution in [1.82, 2.24) is 20.3 Å². The van der Waals surface area contributed by atoms with E-state index < -0.39 is 23.5 Å². The van der Waals surface area contributed by atoms with Gasteiger partial charge in [0.1, 0.15) is 11.6 Å². The average molecular weight is 560 g/mol. The van der Waals surface area contributed by atoms with Gasteiger partial charge in [-0.25, -0.2) is 9.97 Å². The van der Waals surface area contributed by atoms with Gasteiger partial charge in [0.05, 0.1) is 28.9 Å². The Bertz CT molecular complexity index is 1460. The van der Waals surface area contributed by atoms with E-state index in [0.717, 1.165) is 37.6 Å². The van der Waals surface area contributed by atoms with Crippen molar-refractivity contribution in [2.24, 2.45) is 5.92 Å². The lowest BCUT2D eigenvalue weighted by atomic mass is 9.89. The maximum atomic E-state index is 13.7. The van der Waals surface area contributed by atoms with Gasteiger partial charge in [0.25, 0.3) is 0 Å². The number of pyridine rings is 1. The summed E-state index contributed by atoms with van der Waals surface area (Å²) in [7, 11) is 0. The number of anilines is 2. The number of nitrogens with one attached hydrogen (secondary N) is 2. The number of alkyl halides is 6. The van der Waals surface area contributed by atoms with Crippen LogP contribution in [0.25, 0.3) is 22.2 Å². The summed E-state index contributed by atoms with van der Waals surface area (Å²) in [6, 6.07) is 11.4. The van der Waals surface area contributed by atoms with Crippen LogP contribution >= 0.6 is 0 Å². The largest absolute Gasteiger partial charge is 0.418 e. The molecule has 0 spiro atoms. The quantitative estimate of drug-likeness (QED) is 0.224. The zero-order valence-electron chi connectivity index (χ0n) is 21.4. The van der Waals surface area contributed by atoms with Gasteiger partial charge in [-0.1, -0.05) is 25.3 Å². The molecule has 0 unspecified atom stereocenters. The summed E-state index contributed by atoms with van der Waals surface area (Å²) in [5, 5.41) is 6.95. The summed E-state index contributed by atoms with van der Waals surface area (Å²) in [5.41, 5.74) is -0.859. The topological polar surface area (TPSA) is 62.7 Å². The molecule has 5 nitrogen and oxygen atoms in total. The SMILES string of the molecule is FC(F)(F)c1ccc(Nc2nc(CNCC3CCCCC3)nc3cc(-c4ncccc4C(F)(F)F)ccc23)cc1. The van der Waals surface area contributed by atoms with Crippen LogP contribution in [0, 0.1) is 5.92 Å². The standard InChI is InChI=1S/C29H27F6N5/c30-28(31,32)20-9-11-21(12-10-20)38-27-22-13-8-19(26-23(29(33,34)35)7-4-14-37-26)15-24(22)39-25(40-27)17-36-16-18-5-2-1-3-6-18/h4,7-15,18,36H,1-3,5-6,16-17H2,(H,38,39,40). The lowest BCUT2D eigenvalue weighted by molar-refractivity contribution is -0.138. The summed E-state index contributed by atoms with van der Waals surface area (Å²) >= 11 is 0. The highest BCUT2D eigenvalue weighted by atomic mass is 19.4. The van der Waals surface area contributed by atoms with Crippen LogP contribution in [-0.2, 0) is 18.9 Å². The van der Waals surface area contributed by atoms with Crippen molar-refractivity contribution in [3.05, 3.63) is 77.7 Å². The Labute approximate surface area is 227 Å². The maximum absolute atomic E-state index is 13.7. The van der Waals surface area contributed by atoms with E-state index in [9.17, 15) is 26.3 Å². The maximum Gasteiger partial charge on any atom is 0.418 e. The fourth-order valence-corrected chi connectivity index (χ4v) is 5.02. The van der Waals surface area contributed by atoms with Gasteiger partial charge in [0, 0.05) is 22.8 Å². The van der Waals surface area contributed by atoms with Crippen LogP contribution in [0.1, 0.15) is 49.1 Å². The molecular weight excluding hydrogens is 532 g/mol. The first-order chi connectivity index (χ1) is 19.1. The van der Waals surface area contributed by atoms with Crippen LogP contribution in [0.15, 0.2) is 60.8 Å². The Hall–Kier alpha value is -3.73. The number of nitrogens with zero attached hydrogens (tertiary/aromatic N) is 3. The van der Waals surface area contributed by atoms with Crippen molar-refractivity contribution in [2.45, 2.75) is 51.0 Å². The molecule has 11 heteroatoms. The Morgan fingerprint density at radius 3 is 2.27 bits per heavy atom. The number of fused-ring (bicyclic) bond motifs is 1. The fourth-order valence-electron chi connectivity index (χ4n) is 5.02. The van der Waals surface area contributed by atoms with Crippen molar-refractivity contribution >= 4 is 22.4 Å². The van der Waals surface area contributed by atoms with Crippen LogP contribution in [0.2, 0.25) is 0 Å². The number of halogens is 6. The lowest BCUT2D eigenvalue weighted by Gasteiger charge is -2.21. The van der Waals surface area contributed by atoms with Gasteiger partial charge in [0.15, 0.2) is 0 Å². The molecule has 2 aromatic heterocycles. The minimum absolute atomic E-state index is 0.218. The van der Waals surface area contributed by atoms with Crippen LogP contribution in [0.3, 0.4) is 0 Å². The molecule has 2 heterocycles. The van der Waals surface area contributed by atoms with Gasteiger partial charge in [-0.2, -0.15) is 26.3 Å². The normalized spacial score (nSPS) is 14.9. The number of hydrogen-bond acceptors (Lipinski definition) is 5. The molecule has 1 aliphatic rings. The molecule has 2 aromatic carbocycles. The third-order valence-corrected chi connectivity index (χ3v) is 7.05. The van der Waals surface area contributed by atoms with E-state index in [2.05, 4.69) is 25.6 Å². The second-order valence-electron chi connectivity index (χ2n) is 9.95. The van der Waals surface area contributed by atoms with Crippen molar-refractivity contribution in [2.75, 3.05) is 11.9 Å². The molecule has 5 rings (SSSR count). The summed E-state index contributed by atoms with van der Waals surface area (Å²) in [6.45, 7) is 1.13. The van der Waals surface area contributed by atoms with Gasteiger partial charge < -0.3 is 10.6 Å². The molecular formula is C29H27F6N5. The van der Waals surface area contributed by atoms with Crippen molar-refractivity contribution < 1.29 is 26.3 Å². The molecule has 1 fully saturated rings. The van der Waals surface area contributed by atoms with E-state index in [4.69, 9.17) is 0 Å². The van der Waals surface area contributed by atoms with Gasteiger partial charge in [-0.3, -0.25) is 4.98 Å². The second-order valence-corrected chi connectivity index (χ2v) is 9.95. The summed E-state index contributed by atoms with van der Waals surface area (Å²) in [5.74, 6) is 1.31. The van der Waals surface area contributed by atoms with E-state index in [1.807, 2.05) is 0 Å². The van der Waals surface area contributed by atoms with Crippen molar-refractivity contribution in [1.29, 1.82) is 0 Å². The first kappa shape index (κ1) is 27.8. The first-order valence-corrected chi connectivity index (χ1v) is 13.1. The van der Waals surface area contributed by atoms with Gasteiger partial charge >= 0.3 is 12.4 Å². The Balaban J connectivity index is 1.49. The van der Waals surface area contributed by atoms with Crippen LogP contribution in [0.4, 0.5) is 37.8 Å². The van der Waals surface area contributed by atoms with E-state index in [0.29, 0.717) is 40.7 Å². The third-order valence-electron chi connectivity index (χ3n) is 7.05. The Morgan fingerprint density at radius 1 is 0.825 bits per heavy atom. The highest BCUT2D eigenvalue weighted by Gasteiger charge is 2.34. The van der Waals surface area contributed by atoms with Crippen LogP contribution in [0.5, 0.6) is 0 Å². The van der Waals surface area contributed by atoms with Gasteiger partial charge in [-0.05, 0) is 73.8 Å². The summed E-state index contributed by atoms with van der Waals surface area (Å²) in [4.78, 5) is 13.2. The minimum atomic E-state index is -4.59. The monoisotopic (exact) mass is 559 g/mol. The third kappa shape index (κ3) is 6.52. The zero-order valence-corrected chi connectivity index (χ0v) is 21.4. The lowest BCUT2D eigenvalue weighted by Crippen LogP contribution is -2.25. The smallest absolute Gasteiger partial charge is 0.340 e. The molecule has 0 saturated heterocycles. The minimum Gasteiger partial charge on any atom is -0.340 e. The number of hydrogen-bond donors (Lipinski definition) is 2. The molecule has 1 aliphatic carbocycles. The molecule has 0 radical (unpaired) electrons. The van der Waals surface area contributed by atoms with Crippen molar-refractivity contribution in [3.8, 4) is 11.3 Å². The number of rotatable bonds is 7. The second kappa shape index (κ2) is 11.4. The first-order valence-electron chi connectivity index (χ1n) is 13.1. The molecule has 1 saturated carbocycles. The Kier molecular flexibility index (Phi) is 7.93. The molecule has 0 bridgehead atoms. The molecule has 4 aromatic rings. The number of aromatic nitrogens is 3. The molecule has 210 valence electrons. The summed E-state index contributed by atoms with van der Waals surface area (Å²) < 4.78 is 80.0. The van der Waals surface area contributed by atoms with E-state index in [-0.39, 0.29) is 11.3 Å². The molecule has 0 atom stereocenters. The van der Waals surface area contributed by atoms with E-state index in [1.54, 1.807) is 6.07 Å². The highest BCUT2D eigenvalue weighted by Crippen LogP contribution is 2.37. The predicted octanol–water partition coefficient (Wildman–Crippen LogP) is 8.14. The fraction of sp³-hybridized carbons (Fsp3) is 0.345. The predicted molar refractivity (Wildman–Crippen MR) is 141 cm³/mol. The van der Waals surface area contributed by atoms with Crippen molar-refractivity contribution in [3.63, 3.8) is 0 Å². The van der Waals surface area contributed by atoms with E-state index in [1.165, 1.54) is 55.8 Å². The highest BCUT2D eigenvalue weighted by molar-refractivity contribution is 5.93. The molecule has 40 heavy (non-hydrogen) atoms. The Morgan fingerprint density at radius 2 is 1.57 bits per heavy atom. The van der Waals surface area contributed by atoms with Crippen LogP contribution in [-0.4, -0.2) is 21.5 Å². The number of benzene rings is 2. The van der Waals surface area contributed by atoms with Gasteiger partial charge in [0.2, 0.25) is 0 Å². The van der Waals surface area contributed by atoms with Gasteiger partial charge in [-0.15, -0.1) is 0 Å². The van der Waals surface area contributed by atoms with E-state index >= 15 is 0 Å². The molecule has 0 aliphatic heterocycles.